The van der Waals surface area contributed by atoms with E-state index >= 15 is 0 Å². The number of nitrogens with one attached hydrogen (secondary N) is 4. The zero-order valence-corrected chi connectivity index (χ0v) is 46.4. The van der Waals surface area contributed by atoms with Crippen molar-refractivity contribution in [2.45, 2.75) is 137 Å². The van der Waals surface area contributed by atoms with Crippen molar-refractivity contribution in [2.24, 2.45) is 29.4 Å². The number of aliphatic hydroxyl groups excluding tert-OH is 1. The molecule has 0 radical (unpaired) electrons. The van der Waals surface area contributed by atoms with E-state index in [4.69, 9.17) is 32.1 Å². The van der Waals surface area contributed by atoms with Crippen LogP contribution in [-0.2, 0) is 66.8 Å². The summed E-state index contributed by atoms with van der Waals surface area (Å²) in [6.07, 6.45) is 1.46. The van der Waals surface area contributed by atoms with Crippen LogP contribution in [0.3, 0.4) is 0 Å². The summed E-state index contributed by atoms with van der Waals surface area (Å²) in [5.74, 6) is -3.15. The fourth-order valence-electron chi connectivity index (χ4n) is 5.78. The predicted octanol–water partition coefficient (Wildman–Crippen LogP) is -0.159. The van der Waals surface area contributed by atoms with E-state index in [-0.39, 0.29) is 85.3 Å². The number of carbonyl (C=O) groups excluding carboxylic acids is 10. The second-order valence-electron chi connectivity index (χ2n) is 17.4. The molecule has 2 heterocycles. The molecule has 0 aliphatic carbocycles. The number of Topliss-reactive ketones (excluding diaryl/α,β-unsaturated/α-hetero) is 2. The van der Waals surface area contributed by atoms with Gasteiger partial charge in [0, 0.05) is 38.5 Å². The maximum absolute atomic E-state index is 11.7. The third-order valence-corrected chi connectivity index (χ3v) is 9.47. The molecule has 0 unspecified atom stereocenters. The number of hydrogen-bond donors (Lipinski definition) is 6. The lowest BCUT2D eigenvalue weighted by Crippen LogP contribution is -3.00. The number of hydrogen-bond acceptors (Lipinski definition) is 19. The Bertz CT molecular complexity index is 1740. The molecule has 2 aliphatic rings. The first-order valence-corrected chi connectivity index (χ1v) is 23.4. The average molecular weight is 1120 g/mol. The molecule has 0 saturated carbocycles. The average Bonchev–Trinajstić information content (AvgIpc) is 3.91. The van der Waals surface area contributed by atoms with Crippen LogP contribution in [-0.4, -0.2) is 154 Å². The lowest BCUT2D eigenvalue weighted by atomic mass is 9.95. The predicted molar refractivity (Wildman–Crippen MR) is 261 cm³/mol. The summed E-state index contributed by atoms with van der Waals surface area (Å²) in [6, 6.07) is -0.729. The van der Waals surface area contributed by atoms with E-state index in [1.54, 1.807) is 48.5 Å². The first kappa shape index (κ1) is 75.3. The first-order valence-electron chi connectivity index (χ1n) is 22.3. The molecule has 24 nitrogen and oxygen atoms in total. The quantitative estimate of drug-likeness (QED) is 0.0477. The highest BCUT2D eigenvalue weighted by atomic mass is 79.9. The normalized spacial score (nSPS) is 16.0. The molecular weight excluding hydrogens is 1040 g/mol. The smallest absolute Gasteiger partial charge is 0.408 e. The van der Waals surface area contributed by atoms with Crippen molar-refractivity contribution in [3.8, 4) is 6.07 Å². The number of esters is 4. The Labute approximate surface area is 438 Å². The highest BCUT2D eigenvalue weighted by Crippen LogP contribution is 2.20. The third-order valence-electron chi connectivity index (χ3n) is 9.21. The van der Waals surface area contributed by atoms with E-state index in [9.17, 15) is 47.9 Å². The van der Waals surface area contributed by atoms with Gasteiger partial charge >= 0.3 is 36.1 Å². The highest BCUT2D eigenvalue weighted by molar-refractivity contribution is 9.09. The SMILES string of the molecule is CO.COC(=O)[C@@H](C)C[C@@H]1CCNC1=O.COC(=O)[C@@H](N)C[C@@H]1CCNC1=O.COC(=O)[C@H](CCC(C)=O)NC(=O)OC(C)(C)C.N#CCBr.[C-]#[N+]C[C@@H](C[C@H](NC(=O)OC(C)(C)C)C(=O)OC)C(C)=O.[Cl-]. The van der Waals surface area contributed by atoms with Crippen LogP contribution in [0, 0.1) is 41.6 Å². The van der Waals surface area contributed by atoms with E-state index in [0.29, 0.717) is 24.7 Å². The van der Waals surface area contributed by atoms with Gasteiger partial charge in [0.1, 0.15) is 40.9 Å². The third kappa shape index (κ3) is 39.0. The summed E-state index contributed by atoms with van der Waals surface area (Å²) < 4.78 is 28.3. The van der Waals surface area contributed by atoms with Crippen molar-refractivity contribution < 1.29 is 93.9 Å². The van der Waals surface area contributed by atoms with Gasteiger partial charge in [-0.15, -0.1) is 0 Å². The fourth-order valence-corrected chi connectivity index (χ4v) is 5.78. The summed E-state index contributed by atoms with van der Waals surface area (Å²) in [7, 11) is 6.06. The van der Waals surface area contributed by atoms with Crippen LogP contribution in [0.1, 0.15) is 107 Å². The van der Waals surface area contributed by atoms with Gasteiger partial charge in [0.05, 0.1) is 51.7 Å². The molecular formula is C46H78BrClN7O17-. The van der Waals surface area contributed by atoms with Gasteiger partial charge in [0.25, 0.3) is 0 Å². The second kappa shape index (κ2) is 41.9. The van der Waals surface area contributed by atoms with Crippen molar-refractivity contribution in [3.63, 3.8) is 0 Å². The van der Waals surface area contributed by atoms with Gasteiger partial charge in [-0.05, 0) is 93.9 Å². The topological polar surface area (TPSA) is 349 Å². The number of nitrogens with two attached hydrogens (primary N) is 1. The van der Waals surface area contributed by atoms with Crippen molar-refractivity contribution >= 4 is 75.4 Å². The minimum absolute atomic E-state index is 0. The maximum atomic E-state index is 11.7. The van der Waals surface area contributed by atoms with Gasteiger partial charge < -0.3 is 82.6 Å². The molecule has 72 heavy (non-hydrogen) atoms. The second-order valence-corrected chi connectivity index (χ2v) is 18.0. The molecule has 0 aromatic rings. The number of rotatable bonds is 17. The Hall–Kier alpha value is -5.63. The number of carbonyl (C=O) groups is 10. The molecule has 0 aromatic heterocycles. The Morgan fingerprint density at radius 2 is 1.17 bits per heavy atom. The number of alkyl halides is 1. The van der Waals surface area contributed by atoms with Gasteiger partial charge in [-0.3, -0.25) is 24.0 Å². The van der Waals surface area contributed by atoms with Crippen LogP contribution in [0.2, 0.25) is 0 Å². The molecule has 2 aliphatic heterocycles. The van der Waals surface area contributed by atoms with Gasteiger partial charge in [-0.1, -0.05) is 22.9 Å². The van der Waals surface area contributed by atoms with Crippen LogP contribution in [0.15, 0.2) is 0 Å². The summed E-state index contributed by atoms with van der Waals surface area (Å²) in [5, 5.41) is 25.2. The number of methoxy groups -OCH3 is 4. The number of ether oxygens (including phenoxy) is 6. The first-order chi connectivity index (χ1) is 33.0. The number of halogens is 2. The summed E-state index contributed by atoms with van der Waals surface area (Å²) in [6.45, 7) is 23.0. The molecule has 7 N–H and O–H groups in total. The molecule has 2 saturated heterocycles. The number of ketones is 2. The van der Waals surface area contributed by atoms with Gasteiger partial charge in [-0.25, -0.2) is 25.8 Å². The molecule has 414 valence electrons. The van der Waals surface area contributed by atoms with Crippen LogP contribution < -0.4 is 39.4 Å². The van der Waals surface area contributed by atoms with E-state index in [2.05, 4.69) is 61.0 Å². The number of amides is 4. The monoisotopic (exact) mass is 1110 g/mol. The lowest BCUT2D eigenvalue weighted by molar-refractivity contribution is -0.146. The van der Waals surface area contributed by atoms with Crippen molar-refractivity contribution in [3.05, 3.63) is 11.4 Å². The molecule has 26 heteroatoms. The fraction of sp³-hybridized carbons (Fsp3) is 0.739. The Morgan fingerprint density at radius 3 is 1.49 bits per heavy atom. The minimum atomic E-state index is -1.03. The summed E-state index contributed by atoms with van der Waals surface area (Å²) in [4.78, 5) is 116. The largest absolute Gasteiger partial charge is 1.00 e. The minimum Gasteiger partial charge on any atom is -1.00 e. The molecule has 0 aromatic carbocycles. The Balaban J connectivity index is -0.000000269. The van der Waals surface area contributed by atoms with Gasteiger partial charge in [0.2, 0.25) is 18.4 Å². The van der Waals surface area contributed by atoms with Crippen molar-refractivity contribution in [1.29, 1.82) is 5.26 Å². The summed E-state index contributed by atoms with van der Waals surface area (Å²) in [5.41, 5.74) is 4.16. The van der Waals surface area contributed by atoms with E-state index in [1.807, 2.05) is 6.07 Å². The van der Waals surface area contributed by atoms with Crippen LogP contribution in [0.5, 0.6) is 0 Å². The van der Waals surface area contributed by atoms with Crippen LogP contribution >= 0.6 is 15.9 Å². The van der Waals surface area contributed by atoms with Crippen molar-refractivity contribution in [1.82, 2.24) is 21.3 Å². The van der Waals surface area contributed by atoms with Crippen LogP contribution in [0.25, 0.3) is 4.85 Å². The molecule has 4 amide bonds. The lowest BCUT2D eigenvalue weighted by Gasteiger charge is -2.23. The number of nitriles is 1. The zero-order chi connectivity index (χ0) is 56.1. The molecule has 7 atom stereocenters. The summed E-state index contributed by atoms with van der Waals surface area (Å²) >= 11 is 2.89. The zero-order valence-electron chi connectivity index (χ0n) is 44.0. The van der Waals surface area contributed by atoms with Crippen LogP contribution in [0.4, 0.5) is 9.59 Å². The van der Waals surface area contributed by atoms with E-state index in [0.717, 1.165) is 26.5 Å². The van der Waals surface area contributed by atoms with E-state index < -0.39 is 65.3 Å². The maximum Gasteiger partial charge on any atom is 0.408 e. The Kier molecular flexibility index (Phi) is 43.9. The van der Waals surface area contributed by atoms with Gasteiger partial charge in [0.15, 0.2) is 0 Å². The number of alkyl carbamates (subject to hydrolysis) is 2. The number of aliphatic hydroxyl groups is 1. The molecule has 2 fully saturated rings. The standard InChI is InChI=1S/C14H22N2O5.C12H21NO5.C9H15NO3.C8H14N2O3.C2H2BrN.CH4O.ClH/c1-9(17)10(8-15-5)7-11(12(18)20-6)16-13(19)21-14(2,3)4;1-8(14)6-7-9(10(15)17-5)13-11(16)18-12(2,3)4;1-6(9(12)13-2)5-7-3-4-10-8(7)11;1-13-8(12)6(9)4-5-2-3-10-7(5)11;3-1-2-4;1-2;/h10-11H,7-8H2,1-4,6H3,(H,16,19);9H,6-7H2,1-5H3,(H,13,16);6-7H,3-5H2,1-2H3,(H,10,11);5-6H,2-4,9H2,1H3,(H,10,11);1H2;2H,1H3;1H/p-1/t10-,11+;9-;6-,7-;5-,6-;;;/m1000.../s1. The van der Waals surface area contributed by atoms with Crippen molar-refractivity contribution in [2.75, 3.05) is 60.5 Å². The Morgan fingerprint density at radius 1 is 0.778 bits per heavy atom. The molecule has 2 rings (SSSR count). The van der Waals surface area contributed by atoms with E-state index in [1.165, 1.54) is 42.3 Å². The highest BCUT2D eigenvalue weighted by Gasteiger charge is 2.32. The molecule has 0 spiro atoms. The molecule has 0 bridgehead atoms. The van der Waals surface area contributed by atoms with Gasteiger partial charge in [-0.2, -0.15) is 5.26 Å². The number of nitrogens with zero attached hydrogens (tertiary/aromatic N) is 2.